The fourth-order valence-corrected chi connectivity index (χ4v) is 6.06. The van der Waals surface area contributed by atoms with Gasteiger partial charge in [-0.25, -0.2) is 0 Å². The zero-order chi connectivity index (χ0) is 27.3. The number of aryl methyl sites for hydroxylation is 1. The summed E-state index contributed by atoms with van der Waals surface area (Å²) >= 11 is 1.55. The Labute approximate surface area is 223 Å². The number of aliphatic carboxylic acids is 1. The Morgan fingerprint density at radius 2 is 1.71 bits per heavy atom. The first-order chi connectivity index (χ1) is 18.1. The molecule has 3 aromatic rings. The van der Waals surface area contributed by atoms with E-state index in [4.69, 9.17) is 9.84 Å². The van der Waals surface area contributed by atoms with Crippen LogP contribution in [0.2, 0.25) is 0 Å². The van der Waals surface area contributed by atoms with E-state index in [0.717, 1.165) is 58.7 Å². The molecule has 1 unspecified atom stereocenters. The molecule has 0 radical (unpaired) electrons. The van der Waals surface area contributed by atoms with Crippen LogP contribution >= 0.6 is 11.3 Å². The Bertz CT molecular complexity index is 1250. The smallest absolute Gasteiger partial charge is 0.416 e. The van der Waals surface area contributed by atoms with Crippen molar-refractivity contribution in [1.29, 1.82) is 0 Å². The number of carbonyl (C=O) groups is 2. The number of rotatable bonds is 9. The molecule has 1 heterocycles. The molecule has 1 saturated carbocycles. The van der Waals surface area contributed by atoms with E-state index in [2.05, 4.69) is 5.32 Å². The number of hydrogen-bond donors (Lipinski definition) is 2. The standard InChI is InChI=1S/C29H30F3NO4S/c1-18-17-24(19-7-11-22(12-8-19)29(30,31)32)38-27(18)26(20-5-3-2-4-6-20)37-23-13-9-21(10-14-23)28(36)33-16-15-25(34)35/h7-14,17,20,26H,2-6,15-16H2,1H3,(H,33,36)(H,34,35). The average Bonchev–Trinajstić information content (AvgIpc) is 3.28. The van der Waals surface area contributed by atoms with Crippen LogP contribution in [0.5, 0.6) is 5.75 Å². The zero-order valence-corrected chi connectivity index (χ0v) is 21.8. The lowest BCUT2D eigenvalue weighted by molar-refractivity contribution is -0.138. The van der Waals surface area contributed by atoms with Gasteiger partial charge in [-0.15, -0.1) is 11.3 Å². The van der Waals surface area contributed by atoms with Crippen molar-refractivity contribution >= 4 is 23.2 Å². The number of halogens is 3. The molecule has 38 heavy (non-hydrogen) atoms. The Balaban J connectivity index is 1.54. The van der Waals surface area contributed by atoms with E-state index in [1.165, 1.54) is 18.6 Å². The van der Waals surface area contributed by atoms with Crippen molar-refractivity contribution in [1.82, 2.24) is 5.32 Å². The van der Waals surface area contributed by atoms with Crippen LogP contribution in [0.25, 0.3) is 10.4 Å². The molecule has 5 nitrogen and oxygen atoms in total. The van der Waals surface area contributed by atoms with Gasteiger partial charge in [0, 0.05) is 27.8 Å². The Morgan fingerprint density at radius 3 is 2.32 bits per heavy atom. The van der Waals surface area contributed by atoms with Gasteiger partial charge in [0.2, 0.25) is 0 Å². The SMILES string of the molecule is Cc1cc(-c2ccc(C(F)(F)F)cc2)sc1C(Oc1ccc(C(=O)NCCC(=O)O)cc1)C1CCCCC1. The van der Waals surface area contributed by atoms with Crippen LogP contribution in [-0.2, 0) is 11.0 Å². The lowest BCUT2D eigenvalue weighted by atomic mass is 9.84. The van der Waals surface area contributed by atoms with Crippen molar-refractivity contribution in [2.45, 2.75) is 57.7 Å². The fourth-order valence-electron chi connectivity index (χ4n) is 4.76. The van der Waals surface area contributed by atoms with Crippen LogP contribution in [0.15, 0.2) is 54.6 Å². The molecular weight excluding hydrogens is 515 g/mol. The largest absolute Gasteiger partial charge is 0.485 e. The number of benzene rings is 2. The molecule has 0 bridgehead atoms. The quantitative estimate of drug-likeness (QED) is 0.290. The second kappa shape index (κ2) is 12.0. The van der Waals surface area contributed by atoms with Gasteiger partial charge < -0.3 is 15.2 Å². The Hall–Kier alpha value is -3.33. The highest BCUT2D eigenvalue weighted by atomic mass is 32.1. The van der Waals surface area contributed by atoms with Gasteiger partial charge in [-0.05, 0) is 73.4 Å². The highest BCUT2D eigenvalue weighted by molar-refractivity contribution is 7.15. The van der Waals surface area contributed by atoms with Gasteiger partial charge in [-0.2, -0.15) is 13.2 Å². The van der Waals surface area contributed by atoms with Gasteiger partial charge in [-0.3, -0.25) is 9.59 Å². The maximum atomic E-state index is 13.0. The predicted octanol–water partition coefficient (Wildman–Crippen LogP) is 7.65. The normalized spacial score (nSPS) is 15.2. The molecule has 0 spiro atoms. The lowest BCUT2D eigenvalue weighted by Crippen LogP contribution is -2.26. The molecular formula is C29H30F3NO4S. The molecule has 2 aromatic carbocycles. The van der Waals surface area contributed by atoms with Gasteiger partial charge in [0.25, 0.3) is 5.91 Å². The number of carboxylic acids is 1. The molecule has 1 fully saturated rings. The third kappa shape index (κ3) is 6.95. The molecule has 1 aromatic heterocycles. The third-order valence-electron chi connectivity index (χ3n) is 6.79. The third-order valence-corrected chi connectivity index (χ3v) is 8.14. The molecule has 9 heteroatoms. The van der Waals surface area contributed by atoms with Crippen molar-refractivity contribution in [2.24, 2.45) is 5.92 Å². The summed E-state index contributed by atoms with van der Waals surface area (Å²) in [5, 5.41) is 11.3. The van der Waals surface area contributed by atoms with Crippen LogP contribution in [0.3, 0.4) is 0 Å². The van der Waals surface area contributed by atoms with Gasteiger partial charge in [0.05, 0.1) is 12.0 Å². The van der Waals surface area contributed by atoms with E-state index in [9.17, 15) is 22.8 Å². The maximum Gasteiger partial charge on any atom is 0.416 e. The van der Waals surface area contributed by atoms with Gasteiger partial charge in [0.15, 0.2) is 0 Å². The first kappa shape index (κ1) is 27.7. The van der Waals surface area contributed by atoms with E-state index in [0.29, 0.717) is 17.2 Å². The highest BCUT2D eigenvalue weighted by Gasteiger charge is 2.31. The summed E-state index contributed by atoms with van der Waals surface area (Å²) in [7, 11) is 0. The molecule has 1 atom stereocenters. The summed E-state index contributed by atoms with van der Waals surface area (Å²) < 4.78 is 45.5. The molecule has 2 N–H and O–H groups in total. The van der Waals surface area contributed by atoms with Crippen molar-refractivity contribution in [3.8, 4) is 16.2 Å². The molecule has 1 aliphatic rings. The number of carbonyl (C=O) groups excluding carboxylic acids is 1. The van der Waals surface area contributed by atoms with Gasteiger partial charge in [-0.1, -0.05) is 31.4 Å². The second-order valence-electron chi connectivity index (χ2n) is 9.59. The van der Waals surface area contributed by atoms with Crippen LogP contribution in [0.4, 0.5) is 13.2 Å². The number of alkyl halides is 3. The number of thiophene rings is 1. The summed E-state index contributed by atoms with van der Waals surface area (Å²) in [6, 6.07) is 14.0. The number of amides is 1. The van der Waals surface area contributed by atoms with Gasteiger partial charge >= 0.3 is 12.1 Å². The van der Waals surface area contributed by atoms with Crippen LogP contribution in [-0.4, -0.2) is 23.5 Å². The number of carboxylic acid groups (broad SMARTS) is 1. The van der Waals surface area contributed by atoms with E-state index in [1.54, 1.807) is 35.6 Å². The van der Waals surface area contributed by atoms with Crippen molar-refractivity contribution in [2.75, 3.05) is 6.54 Å². The lowest BCUT2D eigenvalue weighted by Gasteiger charge is -2.30. The predicted molar refractivity (Wildman–Crippen MR) is 140 cm³/mol. The number of hydrogen-bond acceptors (Lipinski definition) is 4. The molecule has 4 rings (SSSR count). The minimum absolute atomic E-state index is 0.0507. The maximum absolute atomic E-state index is 13.0. The Kier molecular flexibility index (Phi) is 8.76. The van der Waals surface area contributed by atoms with Crippen molar-refractivity contribution in [3.63, 3.8) is 0 Å². The number of nitrogens with one attached hydrogen (secondary N) is 1. The van der Waals surface area contributed by atoms with E-state index in [-0.39, 0.29) is 25.0 Å². The minimum Gasteiger partial charge on any atom is -0.485 e. The highest BCUT2D eigenvalue weighted by Crippen LogP contribution is 2.44. The molecule has 1 aliphatic carbocycles. The van der Waals surface area contributed by atoms with Gasteiger partial charge in [0.1, 0.15) is 11.9 Å². The van der Waals surface area contributed by atoms with E-state index < -0.39 is 17.7 Å². The van der Waals surface area contributed by atoms with E-state index >= 15 is 0 Å². The minimum atomic E-state index is -4.37. The first-order valence-electron chi connectivity index (χ1n) is 12.7. The summed E-state index contributed by atoms with van der Waals surface area (Å²) in [4.78, 5) is 24.9. The van der Waals surface area contributed by atoms with Crippen molar-refractivity contribution in [3.05, 3.63) is 76.2 Å². The molecule has 202 valence electrons. The summed E-state index contributed by atoms with van der Waals surface area (Å²) in [6.07, 6.45) is 0.762. The van der Waals surface area contributed by atoms with Crippen LogP contribution in [0.1, 0.15) is 71.0 Å². The second-order valence-corrected chi connectivity index (χ2v) is 10.7. The molecule has 0 saturated heterocycles. The summed E-state index contributed by atoms with van der Waals surface area (Å²) in [5.41, 5.74) is 1.51. The monoisotopic (exact) mass is 545 g/mol. The van der Waals surface area contributed by atoms with Crippen molar-refractivity contribution < 1.29 is 32.6 Å². The molecule has 1 amide bonds. The zero-order valence-electron chi connectivity index (χ0n) is 21.0. The van der Waals surface area contributed by atoms with E-state index in [1.807, 2.05) is 13.0 Å². The topological polar surface area (TPSA) is 75.6 Å². The first-order valence-corrected chi connectivity index (χ1v) is 13.5. The van der Waals surface area contributed by atoms with Crippen LogP contribution in [0, 0.1) is 12.8 Å². The fraction of sp³-hybridized carbons (Fsp3) is 0.379. The Morgan fingerprint density at radius 1 is 1.05 bits per heavy atom. The summed E-state index contributed by atoms with van der Waals surface area (Å²) in [5.74, 6) is -0.405. The van der Waals surface area contributed by atoms with Crippen LogP contribution < -0.4 is 10.1 Å². The average molecular weight is 546 g/mol. The summed E-state index contributed by atoms with van der Waals surface area (Å²) in [6.45, 7) is 2.05. The number of ether oxygens (including phenoxy) is 1. The molecule has 0 aliphatic heterocycles.